The van der Waals surface area contributed by atoms with Crippen LogP contribution in [0.3, 0.4) is 0 Å². The van der Waals surface area contributed by atoms with E-state index in [1.165, 1.54) is 38.6 Å². The molecule has 0 fully saturated rings. The molecular weight excluding hydrogens is 276 g/mol. The predicted molar refractivity (Wildman–Crippen MR) is 99.6 cm³/mol. The van der Waals surface area contributed by atoms with Crippen LogP contribution in [0.15, 0.2) is 91.0 Å². The summed E-state index contributed by atoms with van der Waals surface area (Å²) in [5.41, 5.74) is 6.37. The first-order valence-corrected chi connectivity index (χ1v) is 7.96. The Morgan fingerprint density at radius 3 is 2.00 bits per heavy atom. The number of aryl methyl sites for hydroxylation is 1. The average Bonchev–Trinajstić information content (AvgIpc) is 2.62. The second-order valence-corrected chi connectivity index (χ2v) is 5.98. The van der Waals surface area contributed by atoms with Gasteiger partial charge in [0.25, 0.3) is 0 Å². The van der Waals surface area contributed by atoms with Gasteiger partial charge in [-0.2, -0.15) is 0 Å². The zero-order valence-electron chi connectivity index (χ0n) is 13.2. The molecule has 0 amide bonds. The van der Waals surface area contributed by atoms with Gasteiger partial charge in [0, 0.05) is 0 Å². The largest absolute Gasteiger partial charge is 0.0622 e. The summed E-state index contributed by atoms with van der Waals surface area (Å²) in [7, 11) is 0. The zero-order chi connectivity index (χ0) is 15.6. The lowest BCUT2D eigenvalue weighted by Gasteiger charge is -2.11. The molecule has 0 N–H and O–H groups in total. The standard InChI is InChI=1S/C23H18/c1-17-11-13-18(14-12-17)21-15-20-9-5-6-10-22(20)23(16-21)19-7-3-2-4-8-19/h2-16H,1H3. The van der Waals surface area contributed by atoms with E-state index in [0.29, 0.717) is 0 Å². The van der Waals surface area contributed by atoms with Crippen LogP contribution in [-0.4, -0.2) is 0 Å². The lowest BCUT2D eigenvalue weighted by molar-refractivity contribution is 1.47. The summed E-state index contributed by atoms with van der Waals surface area (Å²) < 4.78 is 0. The molecule has 4 aromatic carbocycles. The normalized spacial score (nSPS) is 10.8. The molecule has 0 saturated heterocycles. The van der Waals surface area contributed by atoms with Gasteiger partial charge in [0.1, 0.15) is 0 Å². The van der Waals surface area contributed by atoms with Gasteiger partial charge in [-0.25, -0.2) is 0 Å². The van der Waals surface area contributed by atoms with E-state index in [-0.39, 0.29) is 0 Å². The summed E-state index contributed by atoms with van der Waals surface area (Å²) in [6.07, 6.45) is 0. The maximum absolute atomic E-state index is 2.31. The van der Waals surface area contributed by atoms with Crippen molar-refractivity contribution < 1.29 is 0 Å². The minimum absolute atomic E-state index is 1.26. The first kappa shape index (κ1) is 13.8. The van der Waals surface area contributed by atoms with Crippen molar-refractivity contribution in [2.75, 3.05) is 0 Å². The van der Waals surface area contributed by atoms with Gasteiger partial charge >= 0.3 is 0 Å². The molecule has 0 heterocycles. The van der Waals surface area contributed by atoms with Crippen LogP contribution in [0.25, 0.3) is 33.0 Å². The molecule has 23 heavy (non-hydrogen) atoms. The monoisotopic (exact) mass is 294 g/mol. The van der Waals surface area contributed by atoms with E-state index in [9.17, 15) is 0 Å². The summed E-state index contributed by atoms with van der Waals surface area (Å²) in [5, 5.41) is 2.58. The molecule has 0 unspecified atom stereocenters. The number of benzene rings is 4. The van der Waals surface area contributed by atoms with Crippen molar-refractivity contribution >= 4 is 10.8 Å². The fourth-order valence-electron chi connectivity index (χ4n) is 3.08. The number of hydrogen-bond donors (Lipinski definition) is 0. The Morgan fingerprint density at radius 1 is 0.522 bits per heavy atom. The maximum Gasteiger partial charge on any atom is -0.00992 e. The quantitative estimate of drug-likeness (QED) is 0.397. The maximum atomic E-state index is 2.31. The third kappa shape index (κ3) is 2.64. The van der Waals surface area contributed by atoms with Crippen molar-refractivity contribution in [3.63, 3.8) is 0 Å². The van der Waals surface area contributed by atoms with Crippen molar-refractivity contribution in [2.24, 2.45) is 0 Å². The van der Waals surface area contributed by atoms with Crippen molar-refractivity contribution in [1.82, 2.24) is 0 Å². The van der Waals surface area contributed by atoms with Gasteiger partial charge in [-0.05, 0) is 52.1 Å². The van der Waals surface area contributed by atoms with Crippen molar-refractivity contribution in [2.45, 2.75) is 6.92 Å². The van der Waals surface area contributed by atoms with Crippen LogP contribution in [0.4, 0.5) is 0 Å². The highest BCUT2D eigenvalue weighted by atomic mass is 14.1. The second kappa shape index (κ2) is 5.73. The van der Waals surface area contributed by atoms with E-state index in [1.807, 2.05) is 0 Å². The minimum atomic E-state index is 1.26. The molecule has 0 atom stereocenters. The van der Waals surface area contributed by atoms with Crippen LogP contribution in [0.1, 0.15) is 5.56 Å². The van der Waals surface area contributed by atoms with Crippen LogP contribution < -0.4 is 0 Å². The van der Waals surface area contributed by atoms with Gasteiger partial charge in [-0.3, -0.25) is 0 Å². The van der Waals surface area contributed by atoms with Gasteiger partial charge in [-0.15, -0.1) is 0 Å². The van der Waals surface area contributed by atoms with Gasteiger partial charge in [0.05, 0.1) is 0 Å². The number of hydrogen-bond acceptors (Lipinski definition) is 0. The molecular formula is C23H18. The van der Waals surface area contributed by atoms with Crippen molar-refractivity contribution in [1.29, 1.82) is 0 Å². The second-order valence-electron chi connectivity index (χ2n) is 5.98. The van der Waals surface area contributed by atoms with Crippen LogP contribution in [0.5, 0.6) is 0 Å². The first-order valence-electron chi connectivity index (χ1n) is 7.96. The molecule has 0 aliphatic carbocycles. The topological polar surface area (TPSA) is 0 Å². The molecule has 4 aromatic rings. The Hall–Kier alpha value is -2.86. The SMILES string of the molecule is Cc1ccc(-c2cc(-c3ccccc3)c3ccccc3c2)cc1. The van der Waals surface area contributed by atoms with E-state index < -0.39 is 0 Å². The summed E-state index contributed by atoms with van der Waals surface area (Å²) in [5.74, 6) is 0. The fraction of sp³-hybridized carbons (Fsp3) is 0.0435. The molecule has 0 spiro atoms. The number of fused-ring (bicyclic) bond motifs is 1. The van der Waals surface area contributed by atoms with Crippen LogP contribution in [-0.2, 0) is 0 Å². The summed E-state index contributed by atoms with van der Waals surface area (Å²) in [6, 6.07) is 32.6. The van der Waals surface area contributed by atoms with E-state index in [2.05, 4.69) is 97.9 Å². The Labute approximate surface area is 137 Å². The van der Waals surface area contributed by atoms with Crippen LogP contribution >= 0.6 is 0 Å². The molecule has 0 bridgehead atoms. The molecule has 110 valence electrons. The van der Waals surface area contributed by atoms with Crippen LogP contribution in [0, 0.1) is 6.92 Å². The fourth-order valence-corrected chi connectivity index (χ4v) is 3.08. The summed E-state index contributed by atoms with van der Waals surface area (Å²) in [6.45, 7) is 2.12. The average molecular weight is 294 g/mol. The van der Waals surface area contributed by atoms with Gasteiger partial charge < -0.3 is 0 Å². The molecule has 0 nitrogen and oxygen atoms in total. The highest BCUT2D eigenvalue weighted by Crippen LogP contribution is 2.34. The molecule has 0 aliphatic heterocycles. The molecule has 0 heteroatoms. The highest BCUT2D eigenvalue weighted by Gasteiger charge is 2.07. The van der Waals surface area contributed by atoms with Gasteiger partial charge in [0.15, 0.2) is 0 Å². The smallest absolute Gasteiger partial charge is 0.00992 e. The first-order chi connectivity index (χ1) is 11.3. The van der Waals surface area contributed by atoms with E-state index in [1.54, 1.807) is 0 Å². The lowest BCUT2D eigenvalue weighted by atomic mass is 9.93. The van der Waals surface area contributed by atoms with E-state index in [4.69, 9.17) is 0 Å². The molecule has 0 radical (unpaired) electrons. The Bertz CT molecular complexity index is 948. The molecule has 0 aromatic heterocycles. The van der Waals surface area contributed by atoms with Crippen molar-refractivity contribution in [3.8, 4) is 22.3 Å². The van der Waals surface area contributed by atoms with E-state index >= 15 is 0 Å². The third-order valence-corrected chi connectivity index (χ3v) is 4.33. The van der Waals surface area contributed by atoms with Gasteiger partial charge in [-0.1, -0.05) is 84.4 Å². The number of rotatable bonds is 2. The molecule has 0 saturated carbocycles. The minimum Gasteiger partial charge on any atom is -0.0622 e. The molecule has 0 aliphatic rings. The third-order valence-electron chi connectivity index (χ3n) is 4.33. The summed E-state index contributed by atoms with van der Waals surface area (Å²) >= 11 is 0. The van der Waals surface area contributed by atoms with Crippen LogP contribution in [0.2, 0.25) is 0 Å². The highest BCUT2D eigenvalue weighted by molar-refractivity contribution is 6.00. The van der Waals surface area contributed by atoms with Crippen molar-refractivity contribution in [3.05, 3.63) is 96.6 Å². The lowest BCUT2D eigenvalue weighted by Crippen LogP contribution is -1.85. The summed E-state index contributed by atoms with van der Waals surface area (Å²) in [4.78, 5) is 0. The Morgan fingerprint density at radius 2 is 1.22 bits per heavy atom. The Balaban J connectivity index is 1.99. The van der Waals surface area contributed by atoms with E-state index in [0.717, 1.165) is 0 Å². The Kier molecular flexibility index (Phi) is 3.44. The molecule has 4 rings (SSSR count). The van der Waals surface area contributed by atoms with Gasteiger partial charge in [0.2, 0.25) is 0 Å². The zero-order valence-corrected chi connectivity index (χ0v) is 13.2. The predicted octanol–water partition coefficient (Wildman–Crippen LogP) is 6.48.